The van der Waals surface area contributed by atoms with Crippen LogP contribution in [-0.4, -0.2) is 28.8 Å². The second-order valence-electron chi connectivity index (χ2n) is 4.74. The van der Waals surface area contributed by atoms with Gasteiger partial charge < -0.3 is 10.6 Å². The summed E-state index contributed by atoms with van der Waals surface area (Å²) >= 11 is 0. The van der Waals surface area contributed by atoms with Crippen LogP contribution in [0.3, 0.4) is 0 Å². The number of alkyl halides is 3. The molecule has 18 heavy (non-hydrogen) atoms. The van der Waals surface area contributed by atoms with Crippen molar-refractivity contribution in [3.05, 3.63) is 17.8 Å². The number of halogens is 3. The fourth-order valence-corrected chi connectivity index (χ4v) is 2.18. The first kappa shape index (κ1) is 13.1. The van der Waals surface area contributed by atoms with Crippen LogP contribution in [0.5, 0.6) is 0 Å². The molecule has 0 radical (unpaired) electrons. The Balaban J connectivity index is 2.01. The van der Waals surface area contributed by atoms with Gasteiger partial charge in [0.1, 0.15) is 0 Å². The van der Waals surface area contributed by atoms with Gasteiger partial charge in [0.15, 0.2) is 11.5 Å². The molecule has 1 aromatic heterocycles. The van der Waals surface area contributed by atoms with Crippen LogP contribution in [-0.2, 0) is 6.18 Å². The molecule has 0 aliphatic carbocycles. The molecule has 1 saturated heterocycles. The minimum atomic E-state index is -4.44. The zero-order valence-electron chi connectivity index (χ0n) is 10.0. The van der Waals surface area contributed by atoms with Gasteiger partial charge in [-0.2, -0.15) is 13.2 Å². The molecule has 4 nitrogen and oxygen atoms in total. The minimum Gasteiger partial charge on any atom is -0.351 e. The molecule has 0 atom stereocenters. The third kappa shape index (κ3) is 2.55. The highest BCUT2D eigenvalue weighted by atomic mass is 19.4. The summed E-state index contributed by atoms with van der Waals surface area (Å²) in [6.45, 7) is 3.27. The van der Waals surface area contributed by atoms with Gasteiger partial charge in [0, 0.05) is 13.1 Å². The minimum absolute atomic E-state index is 0.237. The lowest BCUT2D eigenvalue weighted by atomic mass is 9.86. The Morgan fingerprint density at radius 2 is 2.00 bits per heavy atom. The molecule has 0 aromatic carbocycles. The van der Waals surface area contributed by atoms with Crippen molar-refractivity contribution < 1.29 is 13.2 Å². The van der Waals surface area contributed by atoms with Crippen molar-refractivity contribution in [2.45, 2.75) is 31.5 Å². The highest BCUT2D eigenvalue weighted by molar-refractivity contribution is 5.43. The largest absolute Gasteiger partial charge is 0.435 e. The molecule has 1 aliphatic heterocycles. The van der Waals surface area contributed by atoms with E-state index in [1.54, 1.807) is 0 Å². The second-order valence-corrected chi connectivity index (χ2v) is 4.74. The van der Waals surface area contributed by atoms with Gasteiger partial charge in [-0.1, -0.05) is 13.3 Å². The third-order valence-electron chi connectivity index (χ3n) is 3.02. The summed E-state index contributed by atoms with van der Waals surface area (Å²) in [5.74, 6) is 0.445. The van der Waals surface area contributed by atoms with Gasteiger partial charge >= 0.3 is 6.18 Å². The molecule has 2 rings (SSSR count). The van der Waals surface area contributed by atoms with E-state index in [2.05, 4.69) is 17.1 Å². The van der Waals surface area contributed by atoms with Crippen LogP contribution in [0.25, 0.3) is 0 Å². The number of anilines is 1. The van der Waals surface area contributed by atoms with Crippen LogP contribution in [0, 0.1) is 0 Å². The Hall–Kier alpha value is -1.37. The fraction of sp³-hybridized carbons (Fsp3) is 0.636. The molecular weight excluding hydrogens is 245 g/mol. The number of nitrogens with two attached hydrogens (primary N) is 1. The summed E-state index contributed by atoms with van der Waals surface area (Å²) in [6, 6.07) is 2.28. The van der Waals surface area contributed by atoms with E-state index in [0.717, 1.165) is 18.9 Å². The Morgan fingerprint density at radius 3 is 2.44 bits per heavy atom. The summed E-state index contributed by atoms with van der Waals surface area (Å²) in [7, 11) is 0. The van der Waals surface area contributed by atoms with E-state index in [0.29, 0.717) is 18.9 Å². The van der Waals surface area contributed by atoms with Crippen molar-refractivity contribution in [3.63, 3.8) is 0 Å². The van der Waals surface area contributed by atoms with Crippen molar-refractivity contribution in [2.24, 2.45) is 5.73 Å². The van der Waals surface area contributed by atoms with E-state index in [9.17, 15) is 13.2 Å². The monoisotopic (exact) mass is 260 g/mol. The van der Waals surface area contributed by atoms with Crippen molar-refractivity contribution >= 4 is 5.82 Å². The lowest BCUT2D eigenvalue weighted by Gasteiger charge is -2.48. The summed E-state index contributed by atoms with van der Waals surface area (Å²) in [5, 5.41) is 6.78. The smallest absolute Gasteiger partial charge is 0.351 e. The van der Waals surface area contributed by atoms with Crippen molar-refractivity contribution in [3.8, 4) is 0 Å². The third-order valence-corrected chi connectivity index (χ3v) is 3.02. The van der Waals surface area contributed by atoms with Crippen molar-refractivity contribution in [1.82, 2.24) is 10.2 Å². The molecule has 0 bridgehead atoms. The summed E-state index contributed by atoms with van der Waals surface area (Å²) in [4.78, 5) is 1.84. The fourth-order valence-electron chi connectivity index (χ4n) is 2.18. The molecule has 1 fully saturated rings. The molecule has 0 spiro atoms. The lowest BCUT2D eigenvalue weighted by Crippen LogP contribution is -2.67. The molecule has 0 unspecified atom stereocenters. The van der Waals surface area contributed by atoms with Gasteiger partial charge in [0.2, 0.25) is 0 Å². The van der Waals surface area contributed by atoms with Crippen LogP contribution in [0.1, 0.15) is 25.5 Å². The molecule has 0 amide bonds. The van der Waals surface area contributed by atoms with Crippen LogP contribution in [0.4, 0.5) is 19.0 Å². The number of nitrogens with zero attached hydrogens (tertiary/aromatic N) is 3. The van der Waals surface area contributed by atoms with E-state index in [1.807, 2.05) is 4.90 Å². The quantitative estimate of drug-likeness (QED) is 0.900. The maximum absolute atomic E-state index is 12.3. The average molecular weight is 260 g/mol. The predicted octanol–water partition coefficient (Wildman–Crippen LogP) is 1.81. The van der Waals surface area contributed by atoms with E-state index in [1.165, 1.54) is 6.07 Å². The zero-order valence-corrected chi connectivity index (χ0v) is 10.0. The molecule has 1 aromatic rings. The van der Waals surface area contributed by atoms with Gasteiger partial charge in [-0.15, -0.1) is 10.2 Å². The number of aromatic nitrogens is 2. The highest BCUT2D eigenvalue weighted by Gasteiger charge is 2.40. The first-order valence-electron chi connectivity index (χ1n) is 5.79. The molecule has 100 valence electrons. The normalized spacial score (nSPS) is 18.6. The summed E-state index contributed by atoms with van der Waals surface area (Å²) in [6.07, 6.45) is -2.55. The van der Waals surface area contributed by atoms with Crippen LogP contribution < -0.4 is 10.6 Å². The number of hydrogen-bond acceptors (Lipinski definition) is 4. The topological polar surface area (TPSA) is 55.0 Å². The standard InChI is InChI=1S/C11H15F3N4/c1-2-5-10(15)6-18(7-10)9-4-3-8(16-17-9)11(12,13)14/h3-4H,2,5-7,15H2,1H3. The van der Waals surface area contributed by atoms with E-state index in [4.69, 9.17) is 5.73 Å². The van der Waals surface area contributed by atoms with Gasteiger partial charge in [-0.25, -0.2) is 0 Å². The SMILES string of the molecule is CCCC1(N)CN(c2ccc(C(F)(F)F)nn2)C1. The van der Waals surface area contributed by atoms with Crippen LogP contribution in [0.15, 0.2) is 12.1 Å². The highest BCUT2D eigenvalue weighted by Crippen LogP contribution is 2.30. The Bertz CT molecular complexity index is 409. The molecule has 2 N–H and O–H groups in total. The lowest BCUT2D eigenvalue weighted by molar-refractivity contribution is -0.141. The summed E-state index contributed by atoms with van der Waals surface area (Å²) in [5.41, 5.74) is 4.86. The van der Waals surface area contributed by atoms with Crippen LogP contribution in [0.2, 0.25) is 0 Å². The zero-order chi connectivity index (χ0) is 13.4. The first-order chi connectivity index (χ1) is 8.34. The number of hydrogen-bond donors (Lipinski definition) is 1. The predicted molar refractivity (Wildman–Crippen MR) is 61.1 cm³/mol. The average Bonchev–Trinajstić information content (AvgIpc) is 2.25. The molecule has 7 heteroatoms. The van der Waals surface area contributed by atoms with Crippen LogP contribution >= 0.6 is 0 Å². The second kappa shape index (κ2) is 4.38. The van der Waals surface area contributed by atoms with Crippen molar-refractivity contribution in [1.29, 1.82) is 0 Å². The Labute approximate surface area is 103 Å². The maximum Gasteiger partial charge on any atom is 0.435 e. The maximum atomic E-state index is 12.3. The molecule has 0 saturated carbocycles. The van der Waals surface area contributed by atoms with Gasteiger partial charge in [0.25, 0.3) is 0 Å². The van der Waals surface area contributed by atoms with E-state index < -0.39 is 11.9 Å². The van der Waals surface area contributed by atoms with E-state index >= 15 is 0 Å². The Morgan fingerprint density at radius 1 is 1.33 bits per heavy atom. The molecular formula is C11H15F3N4. The van der Waals surface area contributed by atoms with Gasteiger partial charge in [0.05, 0.1) is 5.54 Å². The van der Waals surface area contributed by atoms with Gasteiger partial charge in [-0.05, 0) is 18.6 Å². The number of rotatable bonds is 3. The van der Waals surface area contributed by atoms with E-state index in [-0.39, 0.29) is 5.54 Å². The van der Waals surface area contributed by atoms with Gasteiger partial charge in [-0.3, -0.25) is 0 Å². The molecule has 1 aliphatic rings. The molecule has 2 heterocycles. The summed E-state index contributed by atoms with van der Waals surface area (Å²) < 4.78 is 36.9. The van der Waals surface area contributed by atoms with Crippen molar-refractivity contribution in [2.75, 3.05) is 18.0 Å². The Kier molecular flexibility index (Phi) is 3.18. The first-order valence-corrected chi connectivity index (χ1v) is 5.79.